The van der Waals surface area contributed by atoms with E-state index in [0.717, 1.165) is 25.7 Å². The van der Waals surface area contributed by atoms with Crippen molar-refractivity contribution in [3.63, 3.8) is 0 Å². The quantitative estimate of drug-likeness (QED) is 0.310. The number of rotatable bonds is 5. The van der Waals surface area contributed by atoms with Crippen LogP contribution in [0.5, 0.6) is 5.88 Å². The van der Waals surface area contributed by atoms with Gasteiger partial charge in [-0.25, -0.2) is 9.37 Å². The van der Waals surface area contributed by atoms with Crippen LogP contribution in [0, 0.1) is 25.7 Å². The van der Waals surface area contributed by atoms with Crippen molar-refractivity contribution >= 4 is 18.4 Å². The molecule has 3 unspecified atom stereocenters. The number of anilines is 1. The molecule has 6 heteroatoms. The summed E-state index contributed by atoms with van der Waals surface area (Å²) >= 11 is 0. The maximum Gasteiger partial charge on any atom is 0.227 e. The van der Waals surface area contributed by atoms with Gasteiger partial charge in [0.2, 0.25) is 11.8 Å². The molecule has 0 bridgehead atoms. The van der Waals surface area contributed by atoms with Crippen LogP contribution >= 0.6 is 0 Å². The fraction of sp³-hybridized carbons (Fsp3) is 0.531. The van der Waals surface area contributed by atoms with Crippen molar-refractivity contribution in [3.05, 3.63) is 66.9 Å². The number of ether oxygens (including phenoxy) is 1. The zero-order chi connectivity index (χ0) is 29.7. The van der Waals surface area contributed by atoms with E-state index < -0.39 is 11.8 Å². The van der Waals surface area contributed by atoms with Crippen LogP contribution in [0.3, 0.4) is 0 Å². The molecule has 1 aliphatic rings. The summed E-state index contributed by atoms with van der Waals surface area (Å²) in [5.74, 6) is 1.22. The van der Waals surface area contributed by atoms with Crippen molar-refractivity contribution in [1.29, 1.82) is 0 Å². The molecule has 2 aromatic rings. The number of aromatic nitrogens is 1. The van der Waals surface area contributed by atoms with Crippen LogP contribution < -0.4 is 10.1 Å². The molecule has 5 nitrogen and oxygen atoms in total. The highest BCUT2D eigenvalue weighted by molar-refractivity contribution is 5.92. The fourth-order valence-corrected chi connectivity index (χ4v) is 3.48. The van der Waals surface area contributed by atoms with Crippen LogP contribution in [0.4, 0.5) is 10.1 Å². The number of pyridine rings is 1. The number of hydrogen-bond acceptors (Lipinski definition) is 4. The molecule has 3 rings (SSSR count). The number of benzene rings is 1. The standard InChI is InChI=1S/C19H29FN2O2.C8H10.C2H6.C2H4.CH2O/c1-13-6-5-7-15(9-8-13)18(23)22-16-10-11-17(21-12-16)24-14(2)19(3,4)20;1-7-3-5-8(2)6-4-7;3*1-2/h10-15H,5-9H2,1-4H3,(H,22,23);3-6H,1-2H3;1-2H3;1-2H2;1H2. The van der Waals surface area contributed by atoms with Gasteiger partial charge < -0.3 is 14.8 Å². The minimum absolute atomic E-state index is 0.0674. The first-order valence-electron chi connectivity index (χ1n) is 13.5. The number of nitrogens with zero attached hydrogens (tertiary/aromatic N) is 1. The molecule has 0 saturated heterocycles. The largest absolute Gasteiger partial charge is 0.471 e. The smallest absolute Gasteiger partial charge is 0.227 e. The summed E-state index contributed by atoms with van der Waals surface area (Å²) in [6.45, 7) is 23.1. The van der Waals surface area contributed by atoms with Gasteiger partial charge in [-0.05, 0) is 65.9 Å². The lowest BCUT2D eigenvalue weighted by Gasteiger charge is -2.23. The second-order valence-electron chi connectivity index (χ2n) is 9.66. The van der Waals surface area contributed by atoms with E-state index in [-0.39, 0.29) is 11.8 Å². The second-order valence-corrected chi connectivity index (χ2v) is 9.66. The Labute approximate surface area is 231 Å². The first-order chi connectivity index (χ1) is 18.0. The number of carbonyl (C=O) groups is 2. The number of amides is 1. The van der Waals surface area contributed by atoms with E-state index in [0.29, 0.717) is 17.5 Å². The molecule has 0 spiro atoms. The van der Waals surface area contributed by atoms with Gasteiger partial charge in [-0.3, -0.25) is 4.79 Å². The Morgan fingerprint density at radius 3 is 1.97 bits per heavy atom. The number of hydrogen-bond donors (Lipinski definition) is 1. The van der Waals surface area contributed by atoms with Gasteiger partial charge in [0.25, 0.3) is 0 Å². The average Bonchev–Trinajstić information content (AvgIpc) is 3.15. The number of alkyl halides is 1. The molecule has 3 atom stereocenters. The Morgan fingerprint density at radius 2 is 1.53 bits per heavy atom. The Balaban J connectivity index is 0. The van der Waals surface area contributed by atoms with Gasteiger partial charge in [0.15, 0.2) is 0 Å². The molecular formula is C32H51FN2O3. The normalized spacial score (nSPS) is 17.0. The van der Waals surface area contributed by atoms with Crippen molar-refractivity contribution in [2.75, 3.05) is 5.32 Å². The Bertz CT molecular complexity index is 841. The number of nitrogens with one attached hydrogen (secondary N) is 1. The summed E-state index contributed by atoms with van der Waals surface area (Å²) in [5, 5.41) is 2.93. The summed E-state index contributed by atoms with van der Waals surface area (Å²) in [4.78, 5) is 24.6. The maximum atomic E-state index is 13.8. The molecule has 1 amide bonds. The number of halogens is 1. The number of aryl methyl sites for hydroxylation is 2. The Morgan fingerprint density at radius 1 is 1.00 bits per heavy atom. The van der Waals surface area contributed by atoms with Gasteiger partial charge in [-0.15, -0.1) is 13.2 Å². The van der Waals surface area contributed by atoms with Crippen molar-refractivity contribution < 1.29 is 18.7 Å². The van der Waals surface area contributed by atoms with Crippen molar-refractivity contribution in [3.8, 4) is 5.88 Å². The third-order valence-electron chi connectivity index (χ3n) is 6.11. The lowest BCUT2D eigenvalue weighted by Crippen LogP contribution is -2.34. The lowest BCUT2D eigenvalue weighted by molar-refractivity contribution is -0.120. The molecular weight excluding hydrogens is 479 g/mol. The van der Waals surface area contributed by atoms with Crippen molar-refractivity contribution in [2.24, 2.45) is 11.8 Å². The Hall–Kier alpha value is -3.02. The molecule has 0 radical (unpaired) electrons. The van der Waals surface area contributed by atoms with Gasteiger partial charge >= 0.3 is 0 Å². The van der Waals surface area contributed by atoms with Crippen LogP contribution in [-0.2, 0) is 9.59 Å². The van der Waals surface area contributed by atoms with Crippen molar-refractivity contribution in [1.82, 2.24) is 4.98 Å². The predicted octanol–water partition coefficient (Wildman–Crippen LogP) is 8.70. The van der Waals surface area contributed by atoms with E-state index in [1.54, 1.807) is 25.3 Å². The highest BCUT2D eigenvalue weighted by Crippen LogP contribution is 2.28. The van der Waals surface area contributed by atoms with E-state index in [4.69, 9.17) is 9.53 Å². The number of carbonyl (C=O) groups excluding carboxylic acids is 2. The molecule has 1 aliphatic carbocycles. The van der Waals surface area contributed by atoms with Crippen LogP contribution in [0.1, 0.15) is 84.8 Å². The second kappa shape index (κ2) is 21.0. The monoisotopic (exact) mass is 530 g/mol. The maximum absolute atomic E-state index is 13.8. The van der Waals surface area contributed by atoms with Gasteiger partial charge in [0, 0.05) is 12.0 Å². The Kier molecular flexibility index (Phi) is 20.5. The van der Waals surface area contributed by atoms with Crippen LogP contribution in [0.2, 0.25) is 0 Å². The first-order valence-corrected chi connectivity index (χ1v) is 13.5. The third-order valence-corrected chi connectivity index (χ3v) is 6.11. The van der Waals surface area contributed by atoms with E-state index >= 15 is 0 Å². The van der Waals surface area contributed by atoms with Gasteiger partial charge in [0.05, 0.1) is 11.9 Å². The molecule has 1 saturated carbocycles. The van der Waals surface area contributed by atoms with E-state index in [1.807, 2.05) is 20.6 Å². The molecule has 38 heavy (non-hydrogen) atoms. The highest BCUT2D eigenvalue weighted by atomic mass is 19.1. The third kappa shape index (κ3) is 16.0. The molecule has 1 fully saturated rings. The highest BCUT2D eigenvalue weighted by Gasteiger charge is 2.27. The van der Waals surface area contributed by atoms with E-state index in [1.165, 1.54) is 31.4 Å². The minimum atomic E-state index is -1.44. The van der Waals surface area contributed by atoms with Crippen LogP contribution in [0.15, 0.2) is 55.8 Å². The SMILES string of the molecule is C=C.C=O.CC.CC1CCCC(C(=O)Nc2ccc(OC(C)C(C)(C)F)nc2)CC1.Cc1ccc(C)cc1. The van der Waals surface area contributed by atoms with Gasteiger partial charge in [-0.2, -0.15) is 0 Å². The molecule has 1 heterocycles. The zero-order valence-corrected chi connectivity index (χ0v) is 25.0. The van der Waals surface area contributed by atoms with Gasteiger partial charge in [0.1, 0.15) is 18.6 Å². The molecule has 1 aromatic carbocycles. The van der Waals surface area contributed by atoms with Gasteiger partial charge in [-0.1, -0.05) is 69.0 Å². The predicted molar refractivity (Wildman–Crippen MR) is 160 cm³/mol. The average molecular weight is 531 g/mol. The van der Waals surface area contributed by atoms with Crippen LogP contribution in [-0.4, -0.2) is 29.5 Å². The lowest BCUT2D eigenvalue weighted by atomic mass is 9.98. The summed E-state index contributed by atoms with van der Waals surface area (Å²) in [5.41, 5.74) is 1.87. The van der Waals surface area contributed by atoms with Crippen LogP contribution in [0.25, 0.3) is 0 Å². The summed E-state index contributed by atoms with van der Waals surface area (Å²) < 4.78 is 19.3. The molecule has 214 valence electrons. The van der Waals surface area contributed by atoms with E-state index in [9.17, 15) is 9.18 Å². The zero-order valence-electron chi connectivity index (χ0n) is 25.0. The minimum Gasteiger partial charge on any atom is -0.471 e. The summed E-state index contributed by atoms with van der Waals surface area (Å²) in [7, 11) is 0. The summed E-state index contributed by atoms with van der Waals surface area (Å²) in [6, 6.07) is 11.9. The summed E-state index contributed by atoms with van der Waals surface area (Å²) in [6.07, 6.45) is 6.29. The van der Waals surface area contributed by atoms with E-state index in [2.05, 4.69) is 68.5 Å². The van der Waals surface area contributed by atoms with Crippen molar-refractivity contribution in [2.45, 2.75) is 99.3 Å². The topological polar surface area (TPSA) is 68.3 Å². The first kappa shape index (κ1) is 37.1. The fourth-order valence-electron chi connectivity index (χ4n) is 3.48. The molecule has 0 aliphatic heterocycles. The molecule has 1 aromatic heterocycles. The molecule has 1 N–H and O–H groups in total.